The van der Waals surface area contributed by atoms with Crippen LogP contribution in [-0.4, -0.2) is 6.54 Å². The standard InChI is InChI=1S/C15H11FN2/c16-13-7-11(10-17)8-14(9-13)18-6-5-12-3-1-2-4-15(12)18/h1-4,7-9H,5-6H2. The molecule has 0 spiro atoms. The molecule has 1 heterocycles. The van der Waals surface area contributed by atoms with Crippen molar-refractivity contribution >= 4 is 11.4 Å². The lowest BCUT2D eigenvalue weighted by atomic mass is 10.1. The first-order chi connectivity index (χ1) is 8.78. The van der Waals surface area contributed by atoms with Crippen molar-refractivity contribution in [2.24, 2.45) is 0 Å². The highest BCUT2D eigenvalue weighted by Crippen LogP contribution is 2.34. The minimum absolute atomic E-state index is 0.356. The molecule has 88 valence electrons. The van der Waals surface area contributed by atoms with Gasteiger partial charge in [0.1, 0.15) is 5.82 Å². The van der Waals surface area contributed by atoms with Crippen molar-refractivity contribution in [3.05, 3.63) is 59.4 Å². The van der Waals surface area contributed by atoms with E-state index in [0.717, 1.165) is 24.3 Å². The molecule has 3 rings (SSSR count). The fourth-order valence-corrected chi connectivity index (χ4v) is 2.40. The maximum Gasteiger partial charge on any atom is 0.126 e. The number of hydrogen-bond acceptors (Lipinski definition) is 2. The molecule has 0 fully saturated rings. The van der Waals surface area contributed by atoms with Crippen LogP contribution in [-0.2, 0) is 6.42 Å². The first-order valence-electron chi connectivity index (χ1n) is 5.84. The van der Waals surface area contributed by atoms with Crippen molar-refractivity contribution < 1.29 is 4.39 Å². The molecule has 0 atom stereocenters. The highest BCUT2D eigenvalue weighted by Gasteiger charge is 2.20. The van der Waals surface area contributed by atoms with Gasteiger partial charge in [-0.15, -0.1) is 0 Å². The van der Waals surface area contributed by atoms with Crippen molar-refractivity contribution in [2.75, 3.05) is 11.4 Å². The summed E-state index contributed by atoms with van der Waals surface area (Å²) in [6.07, 6.45) is 0.953. The SMILES string of the molecule is N#Cc1cc(F)cc(N2CCc3ccccc32)c1. The lowest BCUT2D eigenvalue weighted by Crippen LogP contribution is -2.13. The van der Waals surface area contributed by atoms with Gasteiger partial charge in [-0.1, -0.05) is 18.2 Å². The van der Waals surface area contributed by atoms with E-state index < -0.39 is 0 Å². The molecular weight excluding hydrogens is 227 g/mol. The van der Waals surface area contributed by atoms with Gasteiger partial charge >= 0.3 is 0 Å². The Hall–Kier alpha value is -2.34. The van der Waals surface area contributed by atoms with E-state index in [9.17, 15) is 4.39 Å². The summed E-state index contributed by atoms with van der Waals surface area (Å²) >= 11 is 0. The van der Waals surface area contributed by atoms with Gasteiger partial charge in [-0.05, 0) is 36.2 Å². The second kappa shape index (κ2) is 4.15. The first kappa shape index (κ1) is 10.8. The number of nitriles is 1. The average Bonchev–Trinajstić information content (AvgIpc) is 2.81. The highest BCUT2D eigenvalue weighted by atomic mass is 19.1. The Morgan fingerprint density at radius 2 is 2.00 bits per heavy atom. The van der Waals surface area contributed by atoms with Crippen LogP contribution in [0.5, 0.6) is 0 Å². The molecule has 0 unspecified atom stereocenters. The molecule has 0 radical (unpaired) electrons. The Morgan fingerprint density at radius 1 is 1.17 bits per heavy atom. The van der Waals surface area contributed by atoms with Crippen molar-refractivity contribution in [3.8, 4) is 6.07 Å². The summed E-state index contributed by atoms with van der Waals surface area (Å²) in [6.45, 7) is 0.827. The van der Waals surface area contributed by atoms with Crippen LogP contribution in [0.15, 0.2) is 42.5 Å². The van der Waals surface area contributed by atoms with Crippen molar-refractivity contribution in [1.29, 1.82) is 5.26 Å². The maximum atomic E-state index is 13.5. The van der Waals surface area contributed by atoms with Gasteiger partial charge in [0.15, 0.2) is 0 Å². The van der Waals surface area contributed by atoms with E-state index in [4.69, 9.17) is 5.26 Å². The fourth-order valence-electron chi connectivity index (χ4n) is 2.40. The number of nitrogens with zero attached hydrogens (tertiary/aromatic N) is 2. The third-order valence-corrected chi connectivity index (χ3v) is 3.21. The van der Waals surface area contributed by atoms with Crippen LogP contribution in [0.1, 0.15) is 11.1 Å². The van der Waals surface area contributed by atoms with Gasteiger partial charge in [0, 0.05) is 17.9 Å². The first-order valence-corrected chi connectivity index (χ1v) is 5.84. The molecule has 0 saturated heterocycles. The summed E-state index contributed by atoms with van der Waals surface area (Å²) in [6, 6.07) is 14.5. The van der Waals surface area contributed by atoms with Gasteiger partial charge in [-0.25, -0.2) is 4.39 Å². The van der Waals surface area contributed by atoms with Gasteiger partial charge < -0.3 is 4.90 Å². The lowest BCUT2D eigenvalue weighted by Gasteiger charge is -2.19. The van der Waals surface area contributed by atoms with Gasteiger partial charge in [-0.2, -0.15) is 5.26 Å². The van der Waals surface area contributed by atoms with Crippen LogP contribution in [0.4, 0.5) is 15.8 Å². The number of rotatable bonds is 1. The molecule has 1 aliphatic heterocycles. The number of fused-ring (bicyclic) bond motifs is 1. The Morgan fingerprint density at radius 3 is 2.83 bits per heavy atom. The second-order valence-electron chi connectivity index (χ2n) is 4.34. The Kier molecular flexibility index (Phi) is 2.49. The van der Waals surface area contributed by atoms with Crippen LogP contribution < -0.4 is 4.90 Å². The van der Waals surface area contributed by atoms with E-state index in [0.29, 0.717) is 5.56 Å². The predicted octanol–water partition coefficient (Wildman–Crippen LogP) is 3.39. The van der Waals surface area contributed by atoms with Crippen LogP contribution in [0.2, 0.25) is 0 Å². The predicted molar refractivity (Wildman–Crippen MR) is 68.3 cm³/mol. The third-order valence-electron chi connectivity index (χ3n) is 3.21. The molecule has 0 amide bonds. The van der Waals surface area contributed by atoms with Gasteiger partial charge in [0.2, 0.25) is 0 Å². The highest BCUT2D eigenvalue weighted by molar-refractivity contribution is 5.70. The van der Waals surface area contributed by atoms with E-state index in [1.54, 1.807) is 6.07 Å². The Balaban J connectivity index is 2.08. The Labute approximate surface area is 105 Å². The van der Waals surface area contributed by atoms with E-state index >= 15 is 0 Å². The Bertz CT molecular complexity index is 643. The number of benzene rings is 2. The molecule has 0 aliphatic carbocycles. The number of hydrogen-bond donors (Lipinski definition) is 0. The third kappa shape index (κ3) is 1.72. The van der Waals surface area contributed by atoms with E-state index in [-0.39, 0.29) is 5.82 Å². The lowest BCUT2D eigenvalue weighted by molar-refractivity contribution is 0.627. The topological polar surface area (TPSA) is 27.0 Å². The molecule has 1 aliphatic rings. The zero-order valence-electron chi connectivity index (χ0n) is 9.73. The summed E-state index contributed by atoms with van der Waals surface area (Å²) in [4.78, 5) is 2.05. The molecule has 2 aromatic rings. The van der Waals surface area contributed by atoms with E-state index in [1.165, 1.54) is 17.7 Å². The van der Waals surface area contributed by atoms with Crippen molar-refractivity contribution in [3.63, 3.8) is 0 Å². The zero-order chi connectivity index (χ0) is 12.5. The minimum Gasteiger partial charge on any atom is -0.341 e. The monoisotopic (exact) mass is 238 g/mol. The largest absolute Gasteiger partial charge is 0.341 e. The molecule has 3 heteroatoms. The van der Waals surface area contributed by atoms with Crippen LogP contribution in [0.3, 0.4) is 0 Å². The molecule has 0 N–H and O–H groups in total. The fraction of sp³-hybridized carbons (Fsp3) is 0.133. The van der Waals surface area contributed by atoms with Crippen molar-refractivity contribution in [2.45, 2.75) is 6.42 Å². The number of halogens is 1. The normalized spacial score (nSPS) is 13.2. The van der Waals surface area contributed by atoms with Gasteiger partial charge in [0.25, 0.3) is 0 Å². The molecule has 0 aromatic heterocycles. The molecule has 2 nitrogen and oxygen atoms in total. The summed E-state index contributed by atoms with van der Waals surface area (Å²) in [5.74, 6) is -0.367. The van der Waals surface area contributed by atoms with Gasteiger partial charge in [-0.3, -0.25) is 0 Å². The van der Waals surface area contributed by atoms with E-state index in [1.807, 2.05) is 24.3 Å². The average molecular weight is 238 g/mol. The van der Waals surface area contributed by atoms with Crippen LogP contribution in [0, 0.1) is 17.1 Å². The van der Waals surface area contributed by atoms with Gasteiger partial charge in [0.05, 0.1) is 11.6 Å². The smallest absolute Gasteiger partial charge is 0.126 e. The number of para-hydroxylation sites is 1. The molecular formula is C15H11FN2. The van der Waals surface area contributed by atoms with Crippen LogP contribution >= 0.6 is 0 Å². The zero-order valence-corrected chi connectivity index (χ0v) is 9.73. The van der Waals surface area contributed by atoms with Crippen LogP contribution in [0.25, 0.3) is 0 Å². The van der Waals surface area contributed by atoms with E-state index in [2.05, 4.69) is 11.0 Å². The maximum absolute atomic E-state index is 13.5. The quantitative estimate of drug-likeness (QED) is 0.761. The second-order valence-corrected chi connectivity index (χ2v) is 4.34. The van der Waals surface area contributed by atoms with Crippen molar-refractivity contribution in [1.82, 2.24) is 0 Å². The minimum atomic E-state index is -0.367. The summed E-state index contributed by atoms with van der Waals surface area (Å²) in [5.41, 5.74) is 3.47. The molecule has 0 saturated carbocycles. The molecule has 0 bridgehead atoms. The molecule has 18 heavy (non-hydrogen) atoms. The summed E-state index contributed by atoms with van der Waals surface area (Å²) in [7, 11) is 0. The molecule has 2 aromatic carbocycles. The summed E-state index contributed by atoms with van der Waals surface area (Å²) < 4.78 is 13.5. The summed E-state index contributed by atoms with van der Waals surface area (Å²) in [5, 5.41) is 8.89. The number of anilines is 2.